The van der Waals surface area contributed by atoms with Crippen LogP contribution >= 0.6 is 0 Å². The Kier molecular flexibility index (Phi) is 5.24. The minimum atomic E-state index is -1.35. The Morgan fingerprint density at radius 2 is 2.03 bits per heavy atom. The van der Waals surface area contributed by atoms with Crippen molar-refractivity contribution in [3.63, 3.8) is 0 Å². The van der Waals surface area contributed by atoms with Crippen LogP contribution in [-0.4, -0.2) is 59.3 Å². The first-order valence-corrected chi connectivity index (χ1v) is 11.0. The molecule has 4 rings (SSSR count). The van der Waals surface area contributed by atoms with E-state index in [-0.39, 0.29) is 29.9 Å². The van der Waals surface area contributed by atoms with E-state index in [1.807, 2.05) is 6.92 Å². The van der Waals surface area contributed by atoms with E-state index in [4.69, 9.17) is 0 Å². The standard InChI is InChI=1S/C20H23FN4O3S/c1-2-25-17(6-9-22-25)19(27)23-10-7-20(8-11-23)24(18(26)14-29(20)28)13-15-4-3-5-16(21)12-15/h3-6,9,12H,2,7-8,10-11,13-14H2,1H3. The zero-order chi connectivity index (χ0) is 20.6. The Morgan fingerprint density at radius 3 is 2.72 bits per heavy atom. The lowest BCUT2D eigenvalue weighted by Crippen LogP contribution is -2.55. The van der Waals surface area contributed by atoms with E-state index < -0.39 is 15.7 Å². The van der Waals surface area contributed by atoms with Crippen LogP contribution < -0.4 is 0 Å². The summed E-state index contributed by atoms with van der Waals surface area (Å²) in [4.78, 5) is 28.0. The second-order valence-corrected chi connectivity index (χ2v) is 9.11. The van der Waals surface area contributed by atoms with Gasteiger partial charge in [0.05, 0.1) is 10.8 Å². The normalized spacial score (nSPS) is 21.2. The highest BCUT2D eigenvalue weighted by atomic mass is 32.2. The highest BCUT2D eigenvalue weighted by Gasteiger charge is 2.53. The number of halogens is 1. The molecule has 2 amide bonds. The number of rotatable bonds is 4. The van der Waals surface area contributed by atoms with E-state index in [0.29, 0.717) is 43.7 Å². The number of benzene rings is 1. The van der Waals surface area contributed by atoms with E-state index >= 15 is 0 Å². The third kappa shape index (κ3) is 3.48. The number of nitrogens with zero attached hydrogens (tertiary/aromatic N) is 4. The van der Waals surface area contributed by atoms with Gasteiger partial charge in [-0.05, 0) is 30.7 Å². The quantitative estimate of drug-likeness (QED) is 0.758. The smallest absolute Gasteiger partial charge is 0.272 e. The summed E-state index contributed by atoms with van der Waals surface area (Å²) < 4.78 is 28.1. The van der Waals surface area contributed by atoms with Gasteiger partial charge in [-0.3, -0.25) is 18.5 Å². The molecule has 0 N–H and O–H groups in total. The molecule has 2 aromatic rings. The second kappa shape index (κ2) is 7.70. The Balaban J connectivity index is 1.52. The third-order valence-electron chi connectivity index (χ3n) is 5.77. The molecule has 0 aliphatic carbocycles. The molecule has 2 aliphatic rings. The SMILES string of the molecule is CCn1nccc1C(=O)N1CCC2(CC1)N(Cc1cccc(F)c1)C(=O)CS2=O. The number of carbonyl (C=O) groups is 2. The van der Waals surface area contributed by atoms with Crippen LogP contribution in [0, 0.1) is 5.82 Å². The zero-order valence-electron chi connectivity index (χ0n) is 16.2. The number of hydrogen-bond donors (Lipinski definition) is 0. The molecule has 2 aliphatic heterocycles. The van der Waals surface area contributed by atoms with Crippen molar-refractivity contribution in [1.29, 1.82) is 0 Å². The number of carbonyl (C=O) groups excluding carboxylic acids is 2. The van der Waals surface area contributed by atoms with E-state index in [1.165, 1.54) is 12.1 Å². The molecule has 3 heterocycles. The van der Waals surface area contributed by atoms with Crippen molar-refractivity contribution < 1.29 is 18.2 Å². The minimum absolute atomic E-state index is 0.0220. The van der Waals surface area contributed by atoms with Gasteiger partial charge < -0.3 is 9.80 Å². The molecule has 9 heteroatoms. The van der Waals surface area contributed by atoms with Gasteiger partial charge in [-0.1, -0.05) is 12.1 Å². The molecule has 0 bridgehead atoms. The van der Waals surface area contributed by atoms with Crippen molar-refractivity contribution >= 4 is 22.6 Å². The van der Waals surface area contributed by atoms with E-state index in [1.54, 1.807) is 38.9 Å². The van der Waals surface area contributed by atoms with Gasteiger partial charge in [0, 0.05) is 45.2 Å². The highest BCUT2D eigenvalue weighted by molar-refractivity contribution is 7.87. The average Bonchev–Trinajstić information content (AvgIpc) is 3.27. The zero-order valence-corrected chi connectivity index (χ0v) is 17.0. The molecule has 1 spiro atoms. The van der Waals surface area contributed by atoms with Crippen molar-refractivity contribution in [3.05, 3.63) is 53.6 Å². The van der Waals surface area contributed by atoms with Crippen LogP contribution in [0.5, 0.6) is 0 Å². The van der Waals surface area contributed by atoms with Gasteiger partial charge in [-0.2, -0.15) is 5.10 Å². The van der Waals surface area contributed by atoms with E-state index in [2.05, 4.69) is 5.10 Å². The number of aromatic nitrogens is 2. The van der Waals surface area contributed by atoms with Gasteiger partial charge >= 0.3 is 0 Å². The number of likely N-dealkylation sites (tertiary alicyclic amines) is 1. The topological polar surface area (TPSA) is 75.5 Å². The van der Waals surface area contributed by atoms with Crippen LogP contribution in [0.4, 0.5) is 4.39 Å². The number of hydrogen-bond acceptors (Lipinski definition) is 4. The van der Waals surface area contributed by atoms with Crippen molar-refractivity contribution in [2.24, 2.45) is 0 Å². The Hall–Kier alpha value is -2.55. The lowest BCUT2D eigenvalue weighted by atomic mass is 10.0. The van der Waals surface area contributed by atoms with Gasteiger partial charge in [0.2, 0.25) is 5.91 Å². The van der Waals surface area contributed by atoms with Gasteiger partial charge in [0.1, 0.15) is 22.1 Å². The van der Waals surface area contributed by atoms with Crippen molar-refractivity contribution in [1.82, 2.24) is 19.6 Å². The average molecular weight is 418 g/mol. The van der Waals surface area contributed by atoms with Gasteiger partial charge in [-0.25, -0.2) is 4.39 Å². The molecule has 29 heavy (non-hydrogen) atoms. The fraction of sp³-hybridized carbons (Fsp3) is 0.450. The van der Waals surface area contributed by atoms with Gasteiger partial charge in [0.15, 0.2) is 0 Å². The third-order valence-corrected chi connectivity index (χ3v) is 7.75. The van der Waals surface area contributed by atoms with Gasteiger partial charge in [-0.15, -0.1) is 0 Å². The Labute approximate surface area is 170 Å². The summed E-state index contributed by atoms with van der Waals surface area (Å²) in [6.45, 7) is 3.57. The molecule has 0 saturated carbocycles. The molecular formula is C20H23FN4O3S. The first-order valence-electron chi connectivity index (χ1n) is 9.69. The molecule has 2 saturated heterocycles. The number of aryl methyl sites for hydroxylation is 1. The minimum Gasteiger partial charge on any atom is -0.337 e. The molecule has 1 unspecified atom stereocenters. The van der Waals surface area contributed by atoms with Crippen molar-refractivity contribution in [2.75, 3.05) is 18.8 Å². The Bertz CT molecular complexity index is 968. The molecule has 0 radical (unpaired) electrons. The fourth-order valence-corrected chi connectivity index (χ4v) is 5.91. The molecule has 1 aromatic carbocycles. The highest BCUT2D eigenvalue weighted by Crippen LogP contribution is 2.38. The summed E-state index contributed by atoms with van der Waals surface area (Å²) in [5.41, 5.74) is 1.20. The first-order chi connectivity index (χ1) is 13.9. The fourth-order valence-electron chi connectivity index (χ4n) is 4.21. The molecule has 2 fully saturated rings. The second-order valence-electron chi connectivity index (χ2n) is 7.37. The lowest BCUT2D eigenvalue weighted by Gasteiger charge is -2.43. The predicted octanol–water partition coefficient (Wildman–Crippen LogP) is 1.77. The maximum atomic E-state index is 13.6. The monoisotopic (exact) mass is 418 g/mol. The summed E-state index contributed by atoms with van der Waals surface area (Å²) in [5.74, 6) is -0.675. The van der Waals surface area contributed by atoms with Crippen LogP contribution in [0.15, 0.2) is 36.5 Å². The molecule has 1 atom stereocenters. The van der Waals surface area contributed by atoms with Gasteiger partial charge in [0.25, 0.3) is 5.91 Å². The summed E-state index contributed by atoms with van der Waals surface area (Å²) in [7, 11) is -1.35. The molecule has 7 nitrogen and oxygen atoms in total. The van der Waals surface area contributed by atoms with Crippen LogP contribution in [0.25, 0.3) is 0 Å². The summed E-state index contributed by atoms with van der Waals surface area (Å²) in [6.07, 6.45) is 2.48. The first kappa shape index (κ1) is 19.8. The molecular weight excluding hydrogens is 395 g/mol. The van der Waals surface area contributed by atoms with Crippen LogP contribution in [-0.2, 0) is 28.7 Å². The van der Waals surface area contributed by atoms with Crippen LogP contribution in [0.2, 0.25) is 0 Å². The number of piperidine rings is 1. The van der Waals surface area contributed by atoms with Crippen molar-refractivity contribution in [3.8, 4) is 0 Å². The summed E-state index contributed by atoms with van der Waals surface area (Å²) >= 11 is 0. The lowest BCUT2D eigenvalue weighted by molar-refractivity contribution is -0.131. The van der Waals surface area contributed by atoms with Crippen molar-refractivity contribution in [2.45, 2.75) is 37.7 Å². The Morgan fingerprint density at radius 1 is 1.28 bits per heavy atom. The van der Waals surface area contributed by atoms with E-state index in [0.717, 1.165) is 0 Å². The molecule has 154 valence electrons. The van der Waals surface area contributed by atoms with E-state index in [9.17, 15) is 18.2 Å². The predicted molar refractivity (Wildman–Crippen MR) is 106 cm³/mol. The summed E-state index contributed by atoms with van der Waals surface area (Å²) in [6, 6.07) is 7.81. The largest absolute Gasteiger partial charge is 0.337 e. The van der Waals surface area contributed by atoms with Crippen LogP contribution in [0.3, 0.4) is 0 Å². The van der Waals surface area contributed by atoms with Crippen LogP contribution in [0.1, 0.15) is 35.8 Å². The maximum Gasteiger partial charge on any atom is 0.272 e. The molecule has 1 aromatic heterocycles. The number of amides is 2. The maximum absolute atomic E-state index is 13.6. The summed E-state index contributed by atoms with van der Waals surface area (Å²) in [5, 5.41) is 4.15.